The first kappa shape index (κ1) is 15.8. The number of nitrogens with zero attached hydrogens (tertiary/aromatic N) is 1. The molecule has 2 unspecified atom stereocenters. The molecule has 5 heteroatoms. The summed E-state index contributed by atoms with van der Waals surface area (Å²) in [5.74, 6) is 0.294. The van der Waals surface area contributed by atoms with Gasteiger partial charge in [-0.25, -0.2) is 4.98 Å². The van der Waals surface area contributed by atoms with Crippen molar-refractivity contribution in [1.29, 1.82) is 0 Å². The van der Waals surface area contributed by atoms with E-state index in [1.54, 1.807) is 25.3 Å². The van der Waals surface area contributed by atoms with E-state index in [4.69, 9.17) is 9.47 Å². The van der Waals surface area contributed by atoms with Crippen molar-refractivity contribution >= 4 is 5.91 Å². The third-order valence-corrected chi connectivity index (χ3v) is 3.70. The summed E-state index contributed by atoms with van der Waals surface area (Å²) in [6, 6.07) is 5.33. The number of pyridine rings is 1. The SMILES string of the molecule is CC(Oc1ccccn1)C(=O)NC1CC(C)(C)OC1(C)C. The lowest BCUT2D eigenvalue weighted by Gasteiger charge is -2.28. The molecule has 2 heterocycles. The van der Waals surface area contributed by atoms with Gasteiger partial charge in [-0.3, -0.25) is 4.79 Å². The smallest absolute Gasteiger partial charge is 0.261 e. The molecule has 0 bridgehead atoms. The molecule has 0 spiro atoms. The fourth-order valence-electron chi connectivity index (χ4n) is 2.73. The van der Waals surface area contributed by atoms with Gasteiger partial charge in [0.25, 0.3) is 5.91 Å². The van der Waals surface area contributed by atoms with Crippen molar-refractivity contribution in [3.63, 3.8) is 0 Å². The molecule has 1 aromatic heterocycles. The molecule has 1 aliphatic heterocycles. The Bertz CT molecular complexity index is 500. The minimum atomic E-state index is -0.598. The van der Waals surface area contributed by atoms with E-state index in [0.717, 1.165) is 6.42 Å². The van der Waals surface area contributed by atoms with E-state index in [0.29, 0.717) is 5.88 Å². The van der Waals surface area contributed by atoms with Crippen LogP contribution >= 0.6 is 0 Å². The van der Waals surface area contributed by atoms with E-state index in [-0.39, 0.29) is 23.2 Å². The first-order chi connectivity index (χ1) is 9.70. The second-order valence-electron chi connectivity index (χ2n) is 6.66. The molecule has 1 fully saturated rings. The molecule has 1 saturated heterocycles. The summed E-state index contributed by atoms with van der Waals surface area (Å²) in [4.78, 5) is 16.3. The molecule has 5 nitrogen and oxygen atoms in total. The van der Waals surface area contributed by atoms with Gasteiger partial charge in [-0.15, -0.1) is 0 Å². The number of hydrogen-bond acceptors (Lipinski definition) is 4. The minimum absolute atomic E-state index is 0.0326. The van der Waals surface area contributed by atoms with E-state index in [9.17, 15) is 4.79 Å². The number of nitrogens with one attached hydrogen (secondary N) is 1. The molecule has 1 aromatic rings. The van der Waals surface area contributed by atoms with E-state index in [1.807, 2.05) is 33.8 Å². The highest BCUT2D eigenvalue weighted by Gasteiger charge is 2.46. The third kappa shape index (κ3) is 3.94. The highest BCUT2D eigenvalue weighted by Crippen LogP contribution is 2.37. The summed E-state index contributed by atoms with van der Waals surface area (Å²) in [5, 5.41) is 3.03. The van der Waals surface area contributed by atoms with Crippen LogP contribution < -0.4 is 10.1 Å². The lowest BCUT2D eigenvalue weighted by Crippen LogP contribution is -2.49. The van der Waals surface area contributed by atoms with Crippen molar-refractivity contribution in [2.75, 3.05) is 0 Å². The Morgan fingerprint density at radius 2 is 2.14 bits per heavy atom. The van der Waals surface area contributed by atoms with Gasteiger partial charge >= 0.3 is 0 Å². The second kappa shape index (κ2) is 5.64. The van der Waals surface area contributed by atoms with Gasteiger partial charge in [-0.2, -0.15) is 0 Å². The molecule has 1 amide bonds. The largest absolute Gasteiger partial charge is 0.465 e. The van der Waals surface area contributed by atoms with Crippen LogP contribution in [0.15, 0.2) is 24.4 Å². The number of carbonyl (C=O) groups is 1. The van der Waals surface area contributed by atoms with Crippen molar-refractivity contribution in [3.8, 4) is 5.88 Å². The molecule has 1 N–H and O–H groups in total. The van der Waals surface area contributed by atoms with Gasteiger partial charge in [-0.1, -0.05) is 6.07 Å². The van der Waals surface area contributed by atoms with E-state index in [1.165, 1.54) is 0 Å². The Labute approximate surface area is 126 Å². The topological polar surface area (TPSA) is 60.5 Å². The summed E-state index contributed by atoms with van der Waals surface area (Å²) in [6.07, 6.45) is 1.82. The van der Waals surface area contributed by atoms with Crippen LogP contribution in [0.25, 0.3) is 0 Å². The molecule has 2 atom stereocenters. The average Bonchev–Trinajstić information content (AvgIpc) is 2.58. The van der Waals surface area contributed by atoms with Gasteiger partial charge in [0.1, 0.15) is 0 Å². The zero-order valence-corrected chi connectivity index (χ0v) is 13.3. The van der Waals surface area contributed by atoms with Gasteiger partial charge in [0.05, 0.1) is 17.2 Å². The normalized spacial score (nSPS) is 24.3. The van der Waals surface area contributed by atoms with Gasteiger partial charge in [0.2, 0.25) is 5.88 Å². The van der Waals surface area contributed by atoms with Gasteiger partial charge in [0.15, 0.2) is 6.10 Å². The summed E-state index contributed by atoms with van der Waals surface area (Å²) in [7, 11) is 0. The predicted octanol–water partition coefficient (Wildman–Crippen LogP) is 2.31. The number of rotatable bonds is 4. The summed E-state index contributed by atoms with van der Waals surface area (Å²) < 4.78 is 11.5. The van der Waals surface area contributed by atoms with Gasteiger partial charge < -0.3 is 14.8 Å². The summed E-state index contributed by atoms with van der Waals surface area (Å²) in [6.45, 7) is 9.79. The van der Waals surface area contributed by atoms with Gasteiger partial charge in [-0.05, 0) is 47.1 Å². The number of ether oxygens (including phenoxy) is 2. The fraction of sp³-hybridized carbons (Fsp3) is 0.625. The molecule has 0 radical (unpaired) electrons. The van der Waals surface area contributed by atoms with E-state index < -0.39 is 6.10 Å². The Kier molecular flexibility index (Phi) is 4.23. The summed E-state index contributed by atoms with van der Waals surface area (Å²) in [5.41, 5.74) is -0.615. The molecule has 21 heavy (non-hydrogen) atoms. The Morgan fingerprint density at radius 1 is 1.43 bits per heavy atom. The molecule has 1 aliphatic rings. The summed E-state index contributed by atoms with van der Waals surface area (Å²) >= 11 is 0. The first-order valence-corrected chi connectivity index (χ1v) is 7.28. The Balaban J connectivity index is 1.95. The second-order valence-corrected chi connectivity index (χ2v) is 6.66. The lowest BCUT2D eigenvalue weighted by molar-refractivity contribution is -0.129. The molecule has 2 rings (SSSR count). The average molecular weight is 292 g/mol. The van der Waals surface area contributed by atoms with Crippen LogP contribution in [0.4, 0.5) is 0 Å². The lowest BCUT2D eigenvalue weighted by atomic mass is 9.94. The molecular weight excluding hydrogens is 268 g/mol. The maximum absolute atomic E-state index is 12.3. The monoisotopic (exact) mass is 292 g/mol. The van der Waals surface area contributed by atoms with Crippen molar-refractivity contribution < 1.29 is 14.3 Å². The van der Waals surface area contributed by atoms with Crippen molar-refractivity contribution in [2.24, 2.45) is 0 Å². The Morgan fingerprint density at radius 3 is 2.67 bits per heavy atom. The Hall–Kier alpha value is -1.62. The molecule has 0 saturated carbocycles. The van der Waals surface area contributed by atoms with Crippen LogP contribution in [-0.4, -0.2) is 34.2 Å². The third-order valence-electron chi connectivity index (χ3n) is 3.70. The minimum Gasteiger partial charge on any atom is -0.465 e. The zero-order valence-electron chi connectivity index (χ0n) is 13.3. The van der Waals surface area contributed by atoms with Crippen LogP contribution in [0.2, 0.25) is 0 Å². The molecule has 0 aromatic carbocycles. The number of aromatic nitrogens is 1. The molecular formula is C16H24N2O3. The van der Waals surface area contributed by atoms with Gasteiger partial charge in [0, 0.05) is 12.3 Å². The fourth-order valence-corrected chi connectivity index (χ4v) is 2.73. The predicted molar refractivity (Wildman–Crippen MR) is 80.1 cm³/mol. The van der Waals surface area contributed by atoms with E-state index >= 15 is 0 Å². The molecule has 0 aliphatic carbocycles. The standard InChI is InChI=1S/C16H24N2O3/c1-11(20-13-8-6-7-9-17-13)14(19)18-12-10-15(2,3)21-16(12,4)5/h6-9,11-12H,10H2,1-5H3,(H,18,19). The maximum atomic E-state index is 12.3. The number of hydrogen-bond donors (Lipinski definition) is 1. The molecule has 116 valence electrons. The van der Waals surface area contributed by atoms with Crippen molar-refractivity contribution in [2.45, 2.75) is 64.4 Å². The van der Waals surface area contributed by atoms with Crippen LogP contribution in [0.5, 0.6) is 5.88 Å². The quantitative estimate of drug-likeness (QED) is 0.925. The number of carbonyl (C=O) groups excluding carboxylic acids is 1. The highest BCUT2D eigenvalue weighted by molar-refractivity contribution is 5.81. The zero-order chi connectivity index (χ0) is 15.7. The number of amides is 1. The van der Waals surface area contributed by atoms with Crippen LogP contribution in [0.1, 0.15) is 41.0 Å². The van der Waals surface area contributed by atoms with Crippen molar-refractivity contribution in [3.05, 3.63) is 24.4 Å². The van der Waals surface area contributed by atoms with Crippen LogP contribution in [-0.2, 0) is 9.53 Å². The van der Waals surface area contributed by atoms with Crippen LogP contribution in [0.3, 0.4) is 0 Å². The van der Waals surface area contributed by atoms with E-state index in [2.05, 4.69) is 10.3 Å². The van der Waals surface area contributed by atoms with Crippen LogP contribution in [0, 0.1) is 0 Å². The van der Waals surface area contributed by atoms with Crippen molar-refractivity contribution in [1.82, 2.24) is 10.3 Å². The highest BCUT2D eigenvalue weighted by atomic mass is 16.5. The maximum Gasteiger partial charge on any atom is 0.261 e. The first-order valence-electron chi connectivity index (χ1n) is 7.28.